The summed E-state index contributed by atoms with van der Waals surface area (Å²) in [5, 5.41) is 0. The van der Waals surface area contributed by atoms with Crippen LogP contribution in [0.1, 0.15) is 16.8 Å². The topological polar surface area (TPSA) is 16.1 Å². The van der Waals surface area contributed by atoms with Gasteiger partial charge in [0.05, 0.1) is 0 Å². The lowest BCUT2D eigenvalue weighted by atomic mass is 10.1. The molecule has 1 aromatic carbocycles. The van der Waals surface area contributed by atoms with Crippen LogP contribution in [0.4, 0.5) is 5.69 Å². The molecule has 0 spiro atoms. The van der Waals surface area contributed by atoms with Gasteiger partial charge in [-0.05, 0) is 42.3 Å². The van der Waals surface area contributed by atoms with E-state index in [1.807, 2.05) is 33.3 Å². The summed E-state index contributed by atoms with van der Waals surface area (Å²) in [4.78, 5) is 6.28. The molecule has 3 heteroatoms. The number of aromatic nitrogens is 1. The average molecular weight is 366 g/mol. The van der Waals surface area contributed by atoms with Crippen molar-refractivity contribution in [3.05, 3.63) is 59.4 Å². The van der Waals surface area contributed by atoms with Crippen LogP contribution in [0.5, 0.6) is 0 Å². The number of hydrogen-bond donors (Lipinski definition) is 0. The van der Waals surface area contributed by atoms with Crippen LogP contribution in [0.15, 0.2) is 42.6 Å². The first-order valence-corrected chi connectivity index (χ1v) is 6.03. The normalized spacial score (nSPS) is 10.3. The molecule has 2 nitrogen and oxygen atoms in total. The Morgan fingerprint density at radius 1 is 0.947 bits per heavy atom. The molecule has 0 unspecified atom stereocenters. The van der Waals surface area contributed by atoms with Gasteiger partial charge in [-0.15, -0.1) is 24.0 Å². The largest absolute Gasteiger partial charge is 0.378 e. The predicted molar refractivity (Wildman–Crippen MR) is 94.1 cm³/mol. The van der Waals surface area contributed by atoms with E-state index in [4.69, 9.17) is 0 Å². The third kappa shape index (κ3) is 4.67. The molecule has 0 aliphatic heterocycles. The number of pyridine rings is 1. The second-order valence-corrected chi connectivity index (χ2v) is 4.55. The Hall–Kier alpha value is -1.36. The van der Waals surface area contributed by atoms with Gasteiger partial charge in [-0.25, -0.2) is 0 Å². The minimum absolute atomic E-state index is 0. The summed E-state index contributed by atoms with van der Waals surface area (Å²) < 4.78 is 0. The van der Waals surface area contributed by atoms with Crippen LogP contribution in [0.2, 0.25) is 0 Å². The number of hydrogen-bond acceptors (Lipinski definition) is 2. The van der Waals surface area contributed by atoms with Crippen molar-refractivity contribution in [1.29, 1.82) is 0 Å². The number of nitrogens with zero attached hydrogens (tertiary/aromatic N) is 2. The van der Waals surface area contributed by atoms with Crippen molar-refractivity contribution in [3.8, 4) is 0 Å². The molecule has 0 saturated heterocycles. The van der Waals surface area contributed by atoms with Gasteiger partial charge in [-0.1, -0.05) is 24.3 Å². The molecule has 0 bridgehead atoms. The van der Waals surface area contributed by atoms with Gasteiger partial charge in [0.15, 0.2) is 0 Å². The van der Waals surface area contributed by atoms with Crippen LogP contribution in [0, 0.1) is 6.92 Å². The van der Waals surface area contributed by atoms with Crippen molar-refractivity contribution in [2.24, 2.45) is 0 Å². The molecular weight excluding hydrogens is 347 g/mol. The van der Waals surface area contributed by atoms with Gasteiger partial charge in [0.1, 0.15) is 0 Å². The highest BCUT2D eigenvalue weighted by atomic mass is 127. The molecule has 0 atom stereocenters. The molecule has 0 fully saturated rings. The van der Waals surface area contributed by atoms with Gasteiger partial charge in [0, 0.05) is 31.7 Å². The van der Waals surface area contributed by atoms with Crippen LogP contribution in [-0.2, 0) is 0 Å². The Morgan fingerprint density at radius 2 is 1.58 bits per heavy atom. The van der Waals surface area contributed by atoms with E-state index in [0.717, 1.165) is 5.69 Å². The molecule has 0 aliphatic rings. The first-order valence-electron chi connectivity index (χ1n) is 6.03. The molecule has 0 radical (unpaired) electrons. The van der Waals surface area contributed by atoms with Crippen molar-refractivity contribution >= 4 is 41.8 Å². The SMILES string of the molecule is Cc1cc(C=Cc2ccc(N(C)C)cc2)ccn1.I. The first kappa shape index (κ1) is 15.7. The summed E-state index contributed by atoms with van der Waals surface area (Å²) in [5.74, 6) is 0. The molecule has 2 aromatic rings. The molecule has 0 N–H and O–H groups in total. The zero-order valence-electron chi connectivity index (χ0n) is 11.5. The molecule has 100 valence electrons. The predicted octanol–water partition coefficient (Wildman–Crippen LogP) is 4.24. The highest BCUT2D eigenvalue weighted by Crippen LogP contribution is 2.14. The van der Waals surface area contributed by atoms with Crippen LogP contribution in [-0.4, -0.2) is 19.1 Å². The smallest absolute Gasteiger partial charge is 0.0378 e. The summed E-state index contributed by atoms with van der Waals surface area (Å²) in [5.41, 5.74) is 4.64. The molecule has 1 aromatic heterocycles. The van der Waals surface area contributed by atoms with E-state index in [-0.39, 0.29) is 24.0 Å². The molecule has 2 rings (SSSR count). The summed E-state index contributed by atoms with van der Waals surface area (Å²) in [6.45, 7) is 2.00. The first-order chi connectivity index (χ1) is 8.65. The number of aryl methyl sites for hydroxylation is 1. The average Bonchev–Trinajstić information content (AvgIpc) is 2.37. The Morgan fingerprint density at radius 3 is 2.16 bits per heavy atom. The van der Waals surface area contributed by atoms with E-state index in [2.05, 4.69) is 52.4 Å². The molecule has 0 amide bonds. The zero-order valence-corrected chi connectivity index (χ0v) is 13.8. The Bertz CT molecular complexity index is 545. The van der Waals surface area contributed by atoms with Gasteiger partial charge in [-0.3, -0.25) is 4.98 Å². The Kier molecular flexibility index (Phi) is 6.02. The van der Waals surface area contributed by atoms with E-state index in [1.165, 1.54) is 16.8 Å². The van der Waals surface area contributed by atoms with E-state index in [0.29, 0.717) is 0 Å². The highest BCUT2D eigenvalue weighted by Gasteiger charge is 1.94. The molecule has 1 heterocycles. The van der Waals surface area contributed by atoms with Gasteiger partial charge in [0.2, 0.25) is 0 Å². The minimum Gasteiger partial charge on any atom is -0.378 e. The van der Waals surface area contributed by atoms with E-state index < -0.39 is 0 Å². The maximum Gasteiger partial charge on any atom is 0.0378 e. The van der Waals surface area contributed by atoms with Crippen molar-refractivity contribution in [1.82, 2.24) is 4.98 Å². The quantitative estimate of drug-likeness (QED) is 0.756. The van der Waals surface area contributed by atoms with Crippen LogP contribution < -0.4 is 4.90 Å². The second kappa shape index (κ2) is 7.28. The van der Waals surface area contributed by atoms with Crippen LogP contribution in [0.3, 0.4) is 0 Å². The number of rotatable bonds is 3. The fourth-order valence-corrected chi connectivity index (χ4v) is 1.75. The highest BCUT2D eigenvalue weighted by molar-refractivity contribution is 14.0. The van der Waals surface area contributed by atoms with Crippen molar-refractivity contribution in [2.75, 3.05) is 19.0 Å². The third-order valence-corrected chi connectivity index (χ3v) is 2.80. The van der Waals surface area contributed by atoms with E-state index in [1.54, 1.807) is 0 Å². The zero-order chi connectivity index (χ0) is 13.0. The molecule has 19 heavy (non-hydrogen) atoms. The summed E-state index contributed by atoms with van der Waals surface area (Å²) >= 11 is 0. The van der Waals surface area contributed by atoms with Gasteiger partial charge >= 0.3 is 0 Å². The second-order valence-electron chi connectivity index (χ2n) is 4.55. The molecule has 0 aliphatic carbocycles. The Labute approximate surface area is 132 Å². The van der Waals surface area contributed by atoms with Gasteiger partial charge in [-0.2, -0.15) is 0 Å². The number of halogens is 1. The maximum absolute atomic E-state index is 4.19. The Balaban J connectivity index is 0.00000180. The lowest BCUT2D eigenvalue weighted by molar-refractivity contribution is 1.13. The van der Waals surface area contributed by atoms with Crippen LogP contribution in [0.25, 0.3) is 12.2 Å². The fraction of sp³-hybridized carbons (Fsp3) is 0.188. The van der Waals surface area contributed by atoms with Crippen molar-refractivity contribution in [2.45, 2.75) is 6.92 Å². The van der Waals surface area contributed by atoms with Gasteiger partial charge in [0.25, 0.3) is 0 Å². The molecular formula is C16H19IN2. The van der Waals surface area contributed by atoms with E-state index in [9.17, 15) is 0 Å². The van der Waals surface area contributed by atoms with Crippen molar-refractivity contribution in [3.63, 3.8) is 0 Å². The monoisotopic (exact) mass is 366 g/mol. The lowest BCUT2D eigenvalue weighted by Gasteiger charge is -2.11. The molecule has 0 saturated carbocycles. The van der Waals surface area contributed by atoms with E-state index >= 15 is 0 Å². The summed E-state index contributed by atoms with van der Waals surface area (Å²) in [6, 6.07) is 12.6. The lowest BCUT2D eigenvalue weighted by Crippen LogP contribution is -2.07. The van der Waals surface area contributed by atoms with Crippen molar-refractivity contribution < 1.29 is 0 Å². The number of anilines is 1. The van der Waals surface area contributed by atoms with Crippen LogP contribution >= 0.6 is 24.0 Å². The minimum atomic E-state index is 0. The third-order valence-electron chi connectivity index (χ3n) is 2.80. The maximum atomic E-state index is 4.19. The van der Waals surface area contributed by atoms with Gasteiger partial charge < -0.3 is 4.90 Å². The summed E-state index contributed by atoms with van der Waals surface area (Å²) in [7, 11) is 4.09. The summed E-state index contributed by atoms with van der Waals surface area (Å²) in [6.07, 6.45) is 6.07. The number of benzene rings is 1. The fourth-order valence-electron chi connectivity index (χ4n) is 1.75. The standard InChI is InChI=1S/C16H18N2.HI/c1-13-12-15(10-11-17-13)5-4-14-6-8-16(9-7-14)18(2)3;/h4-12H,1-3H3;1H.